The van der Waals surface area contributed by atoms with E-state index < -0.39 is 11.2 Å². The molecular formula is C24H25Cl2F4N5S. The standard InChI is InChI=1S/C24H23F4N5S.2ClH/c1-32-11-12-33(14-17(32)10-9-15-5-4-6-16(25)13-15)21-20-22(34-23(31-20)24(26,27)28)30-19-8-3-2-7-18(19)29-21;;/h2-8,13,17,30H,9-12,14H2,1H3;2*1H. The SMILES string of the molecule is CN1CCN(C2=Nc3ccccc3Nc3sc(C(F)(F)F)nc32)CC1CCc1cccc(F)c1.Cl.Cl. The molecular weight excluding hydrogens is 537 g/mol. The van der Waals surface area contributed by atoms with Crippen molar-refractivity contribution in [3.05, 3.63) is 70.6 Å². The van der Waals surface area contributed by atoms with Crippen LogP contribution < -0.4 is 5.32 Å². The minimum atomic E-state index is -4.53. The first-order valence-electron chi connectivity index (χ1n) is 11.0. The summed E-state index contributed by atoms with van der Waals surface area (Å²) in [6, 6.07) is 14.0. The maximum atomic E-state index is 13.6. The zero-order chi connectivity index (χ0) is 23.9. The normalized spacial score (nSPS) is 17.5. The molecule has 3 aromatic rings. The van der Waals surface area contributed by atoms with E-state index in [1.54, 1.807) is 18.2 Å². The lowest BCUT2D eigenvalue weighted by atomic mass is 10.0. The molecule has 2 aromatic carbocycles. The Labute approximate surface area is 223 Å². The monoisotopic (exact) mass is 561 g/mol. The van der Waals surface area contributed by atoms with Crippen LogP contribution in [0.2, 0.25) is 0 Å². The van der Waals surface area contributed by atoms with Crippen molar-refractivity contribution in [3.63, 3.8) is 0 Å². The van der Waals surface area contributed by atoms with Gasteiger partial charge in [0.25, 0.3) is 0 Å². The lowest BCUT2D eigenvalue weighted by Gasteiger charge is -2.40. The number of likely N-dealkylation sites (N-methyl/N-ethyl adjacent to an activating group) is 1. The number of hydrogen-bond donors (Lipinski definition) is 1. The van der Waals surface area contributed by atoms with Gasteiger partial charge in [0.2, 0.25) is 5.01 Å². The molecule has 2 aliphatic rings. The average molecular weight is 562 g/mol. The van der Waals surface area contributed by atoms with Crippen LogP contribution in [0.3, 0.4) is 0 Å². The van der Waals surface area contributed by atoms with Crippen LogP contribution in [0, 0.1) is 5.82 Å². The Bertz CT molecular complexity index is 1230. The van der Waals surface area contributed by atoms with Gasteiger partial charge in [-0.3, -0.25) is 4.90 Å². The van der Waals surface area contributed by atoms with Gasteiger partial charge in [0, 0.05) is 25.7 Å². The van der Waals surface area contributed by atoms with Crippen molar-refractivity contribution in [3.8, 4) is 0 Å². The lowest BCUT2D eigenvalue weighted by Crippen LogP contribution is -2.53. The van der Waals surface area contributed by atoms with Crippen molar-refractivity contribution in [1.82, 2.24) is 14.8 Å². The minimum Gasteiger partial charge on any atom is -0.352 e. The average Bonchev–Trinajstić information content (AvgIpc) is 3.16. The Morgan fingerprint density at radius 1 is 1.08 bits per heavy atom. The second-order valence-electron chi connectivity index (χ2n) is 8.52. The molecule has 0 saturated carbocycles. The third-order valence-corrected chi connectivity index (χ3v) is 7.21. The van der Waals surface area contributed by atoms with E-state index in [1.165, 1.54) is 6.07 Å². The predicted molar refractivity (Wildman–Crippen MR) is 140 cm³/mol. The van der Waals surface area contributed by atoms with Crippen LogP contribution >= 0.6 is 36.2 Å². The summed E-state index contributed by atoms with van der Waals surface area (Å²) in [5.41, 5.74) is 2.45. The summed E-state index contributed by atoms with van der Waals surface area (Å²) >= 11 is 0.597. The molecule has 1 N–H and O–H groups in total. The van der Waals surface area contributed by atoms with Crippen LogP contribution in [0.4, 0.5) is 33.9 Å². The fourth-order valence-electron chi connectivity index (χ4n) is 4.34. The van der Waals surface area contributed by atoms with Gasteiger partial charge < -0.3 is 10.2 Å². The Morgan fingerprint density at radius 2 is 1.86 bits per heavy atom. The van der Waals surface area contributed by atoms with Crippen molar-refractivity contribution in [1.29, 1.82) is 0 Å². The van der Waals surface area contributed by atoms with Crippen molar-refractivity contribution in [2.24, 2.45) is 4.99 Å². The van der Waals surface area contributed by atoms with Crippen LogP contribution in [0.5, 0.6) is 0 Å². The number of hydrogen-bond acceptors (Lipinski definition) is 6. The molecule has 194 valence electrons. The van der Waals surface area contributed by atoms with E-state index in [4.69, 9.17) is 4.99 Å². The molecule has 2 aliphatic heterocycles. The third kappa shape index (κ3) is 5.94. The van der Waals surface area contributed by atoms with Crippen molar-refractivity contribution >= 4 is 58.4 Å². The highest BCUT2D eigenvalue weighted by Gasteiger charge is 2.39. The van der Waals surface area contributed by atoms with Gasteiger partial charge in [-0.25, -0.2) is 14.4 Å². The van der Waals surface area contributed by atoms with Gasteiger partial charge in [0.05, 0.1) is 11.4 Å². The number of para-hydroxylation sites is 2. The number of aromatic nitrogens is 1. The molecule has 5 nitrogen and oxygen atoms in total. The van der Waals surface area contributed by atoms with Crippen LogP contribution in [0.25, 0.3) is 0 Å². The first kappa shape index (κ1) is 28.2. The number of anilines is 2. The van der Waals surface area contributed by atoms with Gasteiger partial charge in [-0.1, -0.05) is 35.6 Å². The molecule has 1 aromatic heterocycles. The molecule has 3 heterocycles. The van der Waals surface area contributed by atoms with Gasteiger partial charge in [-0.2, -0.15) is 13.2 Å². The van der Waals surface area contributed by atoms with Crippen molar-refractivity contribution < 1.29 is 17.6 Å². The largest absolute Gasteiger partial charge is 0.443 e. The van der Waals surface area contributed by atoms with E-state index in [-0.39, 0.29) is 42.4 Å². The molecule has 5 rings (SSSR count). The van der Waals surface area contributed by atoms with Crippen LogP contribution in [0.1, 0.15) is 22.7 Å². The summed E-state index contributed by atoms with van der Waals surface area (Å²) in [6.45, 7) is 1.94. The first-order chi connectivity index (χ1) is 16.3. The number of amidine groups is 1. The molecule has 0 bridgehead atoms. The van der Waals surface area contributed by atoms with Crippen LogP contribution in [-0.4, -0.2) is 53.3 Å². The fraction of sp³-hybridized carbons (Fsp3) is 0.333. The molecule has 36 heavy (non-hydrogen) atoms. The van der Waals surface area contributed by atoms with Gasteiger partial charge in [0.1, 0.15) is 16.5 Å². The number of halogens is 6. The Hall–Kier alpha value is -2.40. The molecule has 1 fully saturated rings. The van der Waals surface area contributed by atoms with Crippen LogP contribution in [-0.2, 0) is 12.6 Å². The van der Waals surface area contributed by atoms with Gasteiger partial charge >= 0.3 is 6.18 Å². The number of aryl methyl sites for hydroxylation is 1. The lowest BCUT2D eigenvalue weighted by molar-refractivity contribution is -0.137. The highest BCUT2D eigenvalue weighted by molar-refractivity contribution is 7.16. The highest BCUT2D eigenvalue weighted by atomic mass is 35.5. The number of nitrogens with zero attached hydrogens (tertiary/aromatic N) is 4. The van der Waals surface area contributed by atoms with E-state index in [0.29, 0.717) is 53.1 Å². The fourth-order valence-corrected chi connectivity index (χ4v) is 5.18. The van der Waals surface area contributed by atoms with E-state index in [2.05, 4.69) is 15.2 Å². The molecule has 0 spiro atoms. The minimum absolute atomic E-state index is 0. The number of benzene rings is 2. The second kappa shape index (κ2) is 11.3. The van der Waals surface area contributed by atoms with Gasteiger partial charge in [-0.05, 0) is 49.7 Å². The number of aliphatic imine (C=N–C) groups is 1. The van der Waals surface area contributed by atoms with E-state index in [9.17, 15) is 17.6 Å². The Balaban J connectivity index is 0.00000180. The van der Waals surface area contributed by atoms with Gasteiger partial charge in [0.15, 0.2) is 5.84 Å². The highest BCUT2D eigenvalue weighted by Crippen LogP contribution is 2.42. The molecule has 0 aliphatic carbocycles. The van der Waals surface area contributed by atoms with E-state index >= 15 is 0 Å². The smallest absolute Gasteiger partial charge is 0.352 e. The summed E-state index contributed by atoms with van der Waals surface area (Å²) in [6.07, 6.45) is -3.04. The Morgan fingerprint density at radius 3 is 2.61 bits per heavy atom. The van der Waals surface area contributed by atoms with Crippen molar-refractivity contribution in [2.45, 2.75) is 25.1 Å². The van der Waals surface area contributed by atoms with Gasteiger partial charge in [-0.15, -0.1) is 24.8 Å². The molecule has 1 saturated heterocycles. The topological polar surface area (TPSA) is 43.8 Å². The predicted octanol–water partition coefficient (Wildman–Crippen LogP) is 6.53. The number of piperazine rings is 1. The number of alkyl halides is 3. The van der Waals surface area contributed by atoms with Crippen molar-refractivity contribution in [2.75, 3.05) is 32.0 Å². The molecule has 1 atom stereocenters. The molecule has 0 radical (unpaired) electrons. The third-order valence-electron chi connectivity index (χ3n) is 6.19. The molecule has 12 heteroatoms. The maximum Gasteiger partial charge on any atom is 0.443 e. The van der Waals surface area contributed by atoms with Crippen LogP contribution in [0.15, 0.2) is 53.5 Å². The zero-order valence-electron chi connectivity index (χ0n) is 19.3. The summed E-state index contributed by atoms with van der Waals surface area (Å²) in [7, 11) is 2.04. The number of thiazole rings is 1. The zero-order valence-corrected chi connectivity index (χ0v) is 21.7. The molecule has 1 unspecified atom stereocenters. The Kier molecular flexibility index (Phi) is 8.87. The summed E-state index contributed by atoms with van der Waals surface area (Å²) < 4.78 is 54.0. The number of rotatable bonds is 3. The quantitative estimate of drug-likeness (QED) is 0.369. The first-order valence-corrected chi connectivity index (χ1v) is 11.8. The maximum absolute atomic E-state index is 13.6. The van der Waals surface area contributed by atoms with E-state index in [0.717, 1.165) is 18.5 Å². The summed E-state index contributed by atoms with van der Waals surface area (Å²) in [5.74, 6) is 0.190. The second-order valence-corrected chi connectivity index (χ2v) is 9.52. The molecule has 0 amide bonds. The number of fused-ring (bicyclic) bond motifs is 2. The van der Waals surface area contributed by atoms with E-state index in [1.807, 2.05) is 36.2 Å². The summed E-state index contributed by atoms with van der Waals surface area (Å²) in [5, 5.41) is 2.55. The number of nitrogens with one attached hydrogen (secondary N) is 1. The summed E-state index contributed by atoms with van der Waals surface area (Å²) in [4.78, 5) is 13.0.